The molecule has 0 unspecified atom stereocenters. The van der Waals surface area contributed by atoms with Gasteiger partial charge in [0, 0.05) is 12.6 Å². The van der Waals surface area contributed by atoms with Crippen molar-refractivity contribution in [1.82, 2.24) is 4.98 Å². The Morgan fingerprint density at radius 2 is 2.22 bits per heavy atom. The number of thioether (sulfide) groups is 1. The molecule has 2 rings (SSSR count). The minimum atomic E-state index is -4.48. The van der Waals surface area contributed by atoms with Gasteiger partial charge in [0.2, 0.25) is 0 Å². The fraction of sp³-hybridized carbons (Fsp3) is 0.400. The van der Waals surface area contributed by atoms with Crippen molar-refractivity contribution in [3.05, 3.63) is 22.8 Å². The molecule has 98 valence electrons. The molecule has 2 heterocycles. The summed E-state index contributed by atoms with van der Waals surface area (Å²) in [6, 6.07) is 0.803. The predicted octanol–water partition coefficient (Wildman–Crippen LogP) is 3.16. The number of alkyl halides is 3. The first kappa shape index (κ1) is 13.5. The van der Waals surface area contributed by atoms with E-state index in [1.807, 2.05) is 0 Å². The SMILES string of the molecule is O=C1OCC[C@@H]1Sc1ncc(C(F)(F)F)cc1Cl. The van der Waals surface area contributed by atoms with E-state index in [0.717, 1.165) is 17.8 Å². The molecule has 0 aliphatic carbocycles. The molecule has 1 fully saturated rings. The molecule has 0 saturated carbocycles. The van der Waals surface area contributed by atoms with Crippen LogP contribution in [0, 0.1) is 0 Å². The van der Waals surface area contributed by atoms with Gasteiger partial charge in [0.1, 0.15) is 10.3 Å². The number of pyridine rings is 1. The largest absolute Gasteiger partial charge is 0.465 e. The van der Waals surface area contributed by atoms with Crippen molar-refractivity contribution in [2.24, 2.45) is 0 Å². The van der Waals surface area contributed by atoms with Crippen LogP contribution in [0.4, 0.5) is 13.2 Å². The lowest BCUT2D eigenvalue weighted by molar-refractivity contribution is -0.138. The van der Waals surface area contributed by atoms with E-state index in [0.29, 0.717) is 19.2 Å². The number of nitrogens with zero attached hydrogens (tertiary/aromatic N) is 1. The second-order valence-corrected chi connectivity index (χ2v) is 5.17. The van der Waals surface area contributed by atoms with E-state index in [-0.39, 0.29) is 10.0 Å². The summed E-state index contributed by atoms with van der Waals surface area (Å²) >= 11 is 6.75. The van der Waals surface area contributed by atoms with Gasteiger partial charge in [-0.1, -0.05) is 23.4 Å². The number of aromatic nitrogens is 1. The number of cyclic esters (lactones) is 1. The molecule has 0 bridgehead atoms. The molecule has 1 aromatic rings. The fourth-order valence-electron chi connectivity index (χ4n) is 1.39. The second kappa shape index (κ2) is 4.97. The average molecular weight is 298 g/mol. The van der Waals surface area contributed by atoms with Crippen LogP contribution in [0.1, 0.15) is 12.0 Å². The van der Waals surface area contributed by atoms with Crippen molar-refractivity contribution in [2.45, 2.75) is 22.9 Å². The molecular weight excluding hydrogens is 291 g/mol. The predicted molar refractivity (Wildman–Crippen MR) is 59.5 cm³/mol. The summed E-state index contributed by atoms with van der Waals surface area (Å²) in [5.74, 6) is -0.391. The van der Waals surface area contributed by atoms with Crippen LogP contribution in [0.25, 0.3) is 0 Å². The zero-order valence-corrected chi connectivity index (χ0v) is 10.4. The minimum Gasteiger partial charge on any atom is -0.465 e. The normalized spacial score (nSPS) is 20.0. The highest BCUT2D eigenvalue weighted by atomic mass is 35.5. The summed E-state index contributed by atoms with van der Waals surface area (Å²) in [5, 5.41) is -0.366. The Kier molecular flexibility index (Phi) is 3.72. The Bertz CT molecular complexity index is 481. The molecular formula is C10H7ClF3NO2S. The van der Waals surface area contributed by atoms with Gasteiger partial charge in [0.05, 0.1) is 17.2 Å². The molecule has 18 heavy (non-hydrogen) atoms. The monoisotopic (exact) mass is 297 g/mol. The Hall–Kier alpha value is -0.950. The maximum atomic E-state index is 12.4. The summed E-state index contributed by atoms with van der Waals surface area (Å²) in [5.41, 5.74) is -0.911. The van der Waals surface area contributed by atoms with Gasteiger partial charge in [-0.2, -0.15) is 13.2 Å². The van der Waals surface area contributed by atoms with Gasteiger partial charge in [-0.15, -0.1) is 0 Å². The van der Waals surface area contributed by atoms with E-state index >= 15 is 0 Å². The topological polar surface area (TPSA) is 39.2 Å². The van der Waals surface area contributed by atoms with E-state index in [2.05, 4.69) is 4.98 Å². The molecule has 1 atom stereocenters. The Balaban J connectivity index is 2.17. The van der Waals surface area contributed by atoms with Crippen molar-refractivity contribution in [2.75, 3.05) is 6.61 Å². The van der Waals surface area contributed by atoms with Crippen LogP contribution in [0.5, 0.6) is 0 Å². The quantitative estimate of drug-likeness (QED) is 0.786. The van der Waals surface area contributed by atoms with Crippen molar-refractivity contribution in [3.8, 4) is 0 Å². The van der Waals surface area contributed by atoms with E-state index in [4.69, 9.17) is 16.3 Å². The van der Waals surface area contributed by atoms with E-state index < -0.39 is 23.0 Å². The standard InChI is InChI=1S/C10H7ClF3NO2S/c11-6-3-5(10(12,13)14)4-15-8(6)18-7-1-2-17-9(7)16/h3-4,7H,1-2H2/t7-/m0/s1. The Labute approximate surface area is 110 Å². The third-order valence-corrected chi connectivity index (χ3v) is 3.94. The molecule has 1 aliphatic heterocycles. The van der Waals surface area contributed by atoms with E-state index in [9.17, 15) is 18.0 Å². The molecule has 3 nitrogen and oxygen atoms in total. The van der Waals surface area contributed by atoms with Crippen LogP contribution >= 0.6 is 23.4 Å². The van der Waals surface area contributed by atoms with E-state index in [1.165, 1.54) is 0 Å². The maximum absolute atomic E-state index is 12.4. The van der Waals surface area contributed by atoms with Crippen molar-refractivity contribution in [3.63, 3.8) is 0 Å². The molecule has 0 aromatic carbocycles. The second-order valence-electron chi connectivity index (χ2n) is 3.57. The summed E-state index contributed by atoms with van der Waals surface area (Å²) in [4.78, 5) is 14.9. The molecule has 1 aliphatic rings. The van der Waals surface area contributed by atoms with Crippen LogP contribution in [0.2, 0.25) is 5.02 Å². The van der Waals surface area contributed by atoms with Gasteiger partial charge in [-0.25, -0.2) is 4.98 Å². The van der Waals surface area contributed by atoms with Crippen LogP contribution in [0.3, 0.4) is 0 Å². The number of rotatable bonds is 2. The van der Waals surface area contributed by atoms with Gasteiger partial charge in [-0.05, 0) is 6.07 Å². The summed E-state index contributed by atoms with van der Waals surface area (Å²) in [6.45, 7) is 0.314. The molecule has 0 radical (unpaired) electrons. The van der Waals surface area contributed by atoms with Gasteiger partial charge in [0.25, 0.3) is 0 Å². The van der Waals surface area contributed by atoms with Crippen LogP contribution in [-0.2, 0) is 15.7 Å². The number of ether oxygens (including phenoxy) is 1. The molecule has 0 amide bonds. The highest BCUT2D eigenvalue weighted by molar-refractivity contribution is 8.00. The molecule has 1 saturated heterocycles. The number of carbonyl (C=O) groups excluding carboxylic acids is 1. The zero-order chi connectivity index (χ0) is 13.3. The average Bonchev–Trinajstić information content (AvgIpc) is 2.66. The molecule has 8 heteroatoms. The number of esters is 1. The number of halogens is 4. The molecule has 0 N–H and O–H groups in total. The molecule has 0 spiro atoms. The third kappa shape index (κ3) is 2.89. The van der Waals surface area contributed by atoms with Crippen LogP contribution in [-0.4, -0.2) is 22.8 Å². The highest BCUT2D eigenvalue weighted by Gasteiger charge is 2.33. The number of hydrogen-bond donors (Lipinski definition) is 0. The summed E-state index contributed by atoms with van der Waals surface area (Å²) in [7, 11) is 0. The third-order valence-electron chi connectivity index (χ3n) is 2.28. The maximum Gasteiger partial charge on any atom is 0.417 e. The van der Waals surface area contributed by atoms with Gasteiger partial charge >= 0.3 is 12.1 Å². The van der Waals surface area contributed by atoms with Crippen molar-refractivity contribution < 1.29 is 22.7 Å². The lowest BCUT2D eigenvalue weighted by Gasteiger charge is -2.10. The van der Waals surface area contributed by atoms with Crippen LogP contribution in [0.15, 0.2) is 17.3 Å². The summed E-state index contributed by atoms with van der Waals surface area (Å²) < 4.78 is 41.9. The first-order valence-electron chi connectivity index (χ1n) is 4.94. The first-order valence-corrected chi connectivity index (χ1v) is 6.20. The Morgan fingerprint density at radius 3 is 2.72 bits per heavy atom. The van der Waals surface area contributed by atoms with E-state index in [1.54, 1.807) is 0 Å². The van der Waals surface area contributed by atoms with Gasteiger partial charge in [-0.3, -0.25) is 4.79 Å². The fourth-order valence-corrected chi connectivity index (χ4v) is 2.62. The minimum absolute atomic E-state index is 0.116. The lowest BCUT2D eigenvalue weighted by Crippen LogP contribution is -2.10. The van der Waals surface area contributed by atoms with Crippen molar-refractivity contribution in [1.29, 1.82) is 0 Å². The van der Waals surface area contributed by atoms with Gasteiger partial charge < -0.3 is 4.74 Å². The van der Waals surface area contributed by atoms with Gasteiger partial charge in [0.15, 0.2) is 0 Å². The molecule has 1 aromatic heterocycles. The van der Waals surface area contributed by atoms with Crippen molar-refractivity contribution >= 4 is 29.3 Å². The highest BCUT2D eigenvalue weighted by Crippen LogP contribution is 2.36. The summed E-state index contributed by atoms with van der Waals surface area (Å²) in [6.07, 6.45) is -3.27. The lowest BCUT2D eigenvalue weighted by atomic mass is 10.3. The first-order chi connectivity index (χ1) is 8.38. The smallest absolute Gasteiger partial charge is 0.417 e. The number of hydrogen-bond acceptors (Lipinski definition) is 4. The zero-order valence-electron chi connectivity index (χ0n) is 8.83. The number of carbonyl (C=O) groups is 1. The Morgan fingerprint density at radius 1 is 1.50 bits per heavy atom. The van der Waals surface area contributed by atoms with Crippen LogP contribution < -0.4 is 0 Å².